The standard InChI is InChI=1S/C27H39N3O4/c1-9-19-13-15-20(16-14-19)23(24(31)28-18(4)5)30(21-11-10-12-21)25(32)22(17(2)3)29-26(33)34-27(6,7)8/h1,13-18,21-23H,10-12H2,2-8H3,(H,28,31)(H,29,33). The molecule has 2 atom stereocenters. The molecule has 0 heterocycles. The molecule has 2 N–H and O–H groups in total. The molecule has 1 fully saturated rings. The number of rotatable bonds is 8. The summed E-state index contributed by atoms with van der Waals surface area (Å²) >= 11 is 0. The van der Waals surface area contributed by atoms with Crippen LogP contribution >= 0.6 is 0 Å². The van der Waals surface area contributed by atoms with Crippen LogP contribution in [0.25, 0.3) is 0 Å². The predicted octanol–water partition coefficient (Wildman–Crippen LogP) is 4.16. The van der Waals surface area contributed by atoms with Gasteiger partial charge in [-0.25, -0.2) is 4.79 Å². The van der Waals surface area contributed by atoms with Crippen LogP contribution in [-0.4, -0.2) is 46.5 Å². The summed E-state index contributed by atoms with van der Waals surface area (Å²) in [5.74, 6) is 1.82. The Hall–Kier alpha value is -3.01. The Labute approximate surface area is 204 Å². The number of hydrogen-bond donors (Lipinski definition) is 2. The Kier molecular flexibility index (Phi) is 9.14. The molecular formula is C27H39N3O4. The molecule has 3 amide bonds. The van der Waals surface area contributed by atoms with E-state index in [0.29, 0.717) is 11.1 Å². The van der Waals surface area contributed by atoms with E-state index in [1.54, 1.807) is 49.9 Å². The van der Waals surface area contributed by atoms with E-state index in [9.17, 15) is 14.4 Å². The summed E-state index contributed by atoms with van der Waals surface area (Å²) < 4.78 is 5.40. The lowest BCUT2D eigenvalue weighted by Crippen LogP contribution is -2.59. The smallest absolute Gasteiger partial charge is 0.408 e. The topological polar surface area (TPSA) is 87.7 Å². The second-order valence-electron chi connectivity index (χ2n) is 10.5. The fourth-order valence-corrected chi connectivity index (χ4v) is 3.85. The number of benzene rings is 1. The highest BCUT2D eigenvalue weighted by atomic mass is 16.6. The van der Waals surface area contributed by atoms with Crippen molar-refractivity contribution in [2.45, 2.75) is 97.5 Å². The van der Waals surface area contributed by atoms with Gasteiger partial charge in [-0.2, -0.15) is 0 Å². The van der Waals surface area contributed by atoms with E-state index in [1.165, 1.54) is 0 Å². The number of amides is 3. The number of ether oxygens (including phenoxy) is 1. The van der Waals surface area contributed by atoms with Gasteiger partial charge in [0.25, 0.3) is 0 Å². The first kappa shape index (κ1) is 27.2. The fourth-order valence-electron chi connectivity index (χ4n) is 3.85. The van der Waals surface area contributed by atoms with Crippen LogP contribution in [0.1, 0.15) is 84.9 Å². The molecule has 1 aliphatic carbocycles. The van der Waals surface area contributed by atoms with Crippen molar-refractivity contribution < 1.29 is 19.1 Å². The third-order valence-corrected chi connectivity index (χ3v) is 5.68. The minimum absolute atomic E-state index is 0.0931. The summed E-state index contributed by atoms with van der Waals surface area (Å²) in [5.41, 5.74) is 0.679. The number of carbonyl (C=O) groups excluding carboxylic acids is 3. The van der Waals surface area contributed by atoms with Crippen molar-refractivity contribution in [1.29, 1.82) is 0 Å². The molecule has 0 saturated heterocycles. The molecule has 1 aromatic carbocycles. The zero-order chi connectivity index (χ0) is 25.6. The van der Waals surface area contributed by atoms with Crippen LogP contribution in [0.3, 0.4) is 0 Å². The molecule has 34 heavy (non-hydrogen) atoms. The van der Waals surface area contributed by atoms with Gasteiger partial charge in [-0.15, -0.1) is 6.42 Å². The average Bonchev–Trinajstić information content (AvgIpc) is 2.68. The first-order valence-corrected chi connectivity index (χ1v) is 12.0. The number of nitrogens with one attached hydrogen (secondary N) is 2. The highest BCUT2D eigenvalue weighted by Gasteiger charge is 2.42. The number of alkyl carbamates (subject to hydrolysis) is 1. The minimum Gasteiger partial charge on any atom is -0.444 e. The number of carbonyl (C=O) groups is 3. The zero-order valence-corrected chi connectivity index (χ0v) is 21.5. The first-order chi connectivity index (χ1) is 15.8. The lowest BCUT2D eigenvalue weighted by molar-refractivity contribution is -0.148. The van der Waals surface area contributed by atoms with Crippen molar-refractivity contribution >= 4 is 17.9 Å². The second-order valence-corrected chi connectivity index (χ2v) is 10.5. The fraction of sp³-hybridized carbons (Fsp3) is 0.593. The van der Waals surface area contributed by atoms with Gasteiger partial charge in [0.05, 0.1) is 0 Å². The predicted molar refractivity (Wildman–Crippen MR) is 133 cm³/mol. The van der Waals surface area contributed by atoms with Crippen molar-refractivity contribution in [3.63, 3.8) is 0 Å². The van der Waals surface area contributed by atoms with Crippen molar-refractivity contribution in [3.8, 4) is 12.3 Å². The van der Waals surface area contributed by atoms with E-state index in [-0.39, 0.29) is 29.8 Å². The highest BCUT2D eigenvalue weighted by Crippen LogP contribution is 2.34. The molecule has 7 heteroatoms. The number of terminal acetylenes is 1. The third kappa shape index (κ3) is 7.24. The molecule has 2 rings (SSSR count). The third-order valence-electron chi connectivity index (χ3n) is 5.68. The van der Waals surface area contributed by atoms with Gasteiger partial charge in [-0.1, -0.05) is 31.9 Å². The van der Waals surface area contributed by atoms with Gasteiger partial charge in [-0.05, 0) is 77.5 Å². The molecule has 0 aliphatic heterocycles. The van der Waals surface area contributed by atoms with E-state index in [2.05, 4.69) is 16.6 Å². The van der Waals surface area contributed by atoms with Crippen LogP contribution < -0.4 is 10.6 Å². The SMILES string of the molecule is C#Cc1ccc(C(C(=O)NC(C)C)N(C(=O)C(NC(=O)OC(C)(C)C)C(C)C)C2CCC2)cc1. The van der Waals surface area contributed by atoms with Crippen LogP contribution in [-0.2, 0) is 14.3 Å². The average molecular weight is 470 g/mol. The second kappa shape index (κ2) is 11.4. The van der Waals surface area contributed by atoms with Crippen LogP contribution in [0.15, 0.2) is 24.3 Å². The van der Waals surface area contributed by atoms with Gasteiger partial charge >= 0.3 is 6.09 Å². The lowest BCUT2D eigenvalue weighted by atomic mass is 9.87. The van der Waals surface area contributed by atoms with Gasteiger partial charge in [0, 0.05) is 17.6 Å². The molecule has 0 radical (unpaired) electrons. The highest BCUT2D eigenvalue weighted by molar-refractivity contribution is 5.92. The van der Waals surface area contributed by atoms with Gasteiger partial charge in [0.2, 0.25) is 11.8 Å². The maximum atomic E-state index is 14.0. The van der Waals surface area contributed by atoms with Crippen LogP contribution in [0.2, 0.25) is 0 Å². The van der Waals surface area contributed by atoms with Crippen molar-refractivity contribution in [2.75, 3.05) is 0 Å². The Morgan fingerprint density at radius 2 is 1.65 bits per heavy atom. The summed E-state index contributed by atoms with van der Waals surface area (Å²) in [7, 11) is 0. The number of nitrogens with zero attached hydrogens (tertiary/aromatic N) is 1. The summed E-state index contributed by atoms with van der Waals surface area (Å²) in [6, 6.07) is 5.27. The van der Waals surface area contributed by atoms with E-state index in [4.69, 9.17) is 11.2 Å². The van der Waals surface area contributed by atoms with Crippen LogP contribution in [0, 0.1) is 18.3 Å². The Balaban J connectivity index is 2.47. The minimum atomic E-state index is -0.839. The van der Waals surface area contributed by atoms with Gasteiger partial charge in [0.15, 0.2) is 0 Å². The van der Waals surface area contributed by atoms with E-state index in [0.717, 1.165) is 19.3 Å². The van der Waals surface area contributed by atoms with Crippen LogP contribution in [0.4, 0.5) is 4.79 Å². The quantitative estimate of drug-likeness (QED) is 0.560. The monoisotopic (exact) mass is 469 g/mol. The normalized spacial score (nSPS) is 15.6. The van der Waals surface area contributed by atoms with E-state index < -0.39 is 23.8 Å². The van der Waals surface area contributed by atoms with Crippen LogP contribution in [0.5, 0.6) is 0 Å². The van der Waals surface area contributed by atoms with Crippen molar-refractivity contribution in [1.82, 2.24) is 15.5 Å². The Bertz CT molecular complexity index is 905. The maximum Gasteiger partial charge on any atom is 0.408 e. The molecule has 1 saturated carbocycles. The summed E-state index contributed by atoms with van der Waals surface area (Å²) in [6.07, 6.45) is 7.43. The Morgan fingerprint density at radius 1 is 1.06 bits per heavy atom. The molecule has 0 aromatic heterocycles. The molecule has 2 unspecified atom stereocenters. The largest absolute Gasteiger partial charge is 0.444 e. The lowest BCUT2D eigenvalue weighted by Gasteiger charge is -2.44. The number of hydrogen-bond acceptors (Lipinski definition) is 4. The van der Waals surface area contributed by atoms with Gasteiger partial charge in [-0.3, -0.25) is 9.59 Å². The van der Waals surface area contributed by atoms with Crippen molar-refractivity contribution in [2.24, 2.45) is 5.92 Å². The summed E-state index contributed by atoms with van der Waals surface area (Å²) in [4.78, 5) is 41.6. The molecule has 0 spiro atoms. The molecule has 1 aromatic rings. The van der Waals surface area contributed by atoms with Gasteiger partial charge < -0.3 is 20.3 Å². The summed E-state index contributed by atoms with van der Waals surface area (Å²) in [5, 5.41) is 5.71. The molecule has 0 bridgehead atoms. The first-order valence-electron chi connectivity index (χ1n) is 12.0. The zero-order valence-electron chi connectivity index (χ0n) is 21.5. The summed E-state index contributed by atoms with van der Waals surface area (Å²) in [6.45, 7) is 12.8. The maximum absolute atomic E-state index is 14.0. The van der Waals surface area contributed by atoms with E-state index >= 15 is 0 Å². The Morgan fingerprint density at radius 3 is 2.06 bits per heavy atom. The molecule has 186 valence electrons. The van der Waals surface area contributed by atoms with E-state index in [1.807, 2.05) is 27.7 Å². The van der Waals surface area contributed by atoms with Crippen molar-refractivity contribution in [3.05, 3.63) is 35.4 Å². The molecule has 1 aliphatic rings. The molecule has 7 nitrogen and oxygen atoms in total. The molecular weight excluding hydrogens is 430 g/mol. The van der Waals surface area contributed by atoms with Gasteiger partial charge in [0.1, 0.15) is 17.7 Å².